The Morgan fingerprint density at radius 2 is 1.95 bits per heavy atom. The third kappa shape index (κ3) is 3.17. The van der Waals surface area contributed by atoms with Crippen LogP contribution in [0.25, 0.3) is 5.76 Å². The summed E-state index contributed by atoms with van der Waals surface area (Å²) in [4.78, 5) is 0. The van der Waals surface area contributed by atoms with Crippen LogP contribution in [0.15, 0.2) is 54.6 Å². The number of benzene rings is 2. The molecule has 0 radical (unpaired) electrons. The van der Waals surface area contributed by atoms with Gasteiger partial charge in [0, 0.05) is 12.1 Å². The average Bonchev–Trinajstić information content (AvgIpc) is 3.00. The molecule has 0 saturated heterocycles. The number of hydrogen-bond acceptors (Lipinski definition) is 4. The van der Waals surface area contributed by atoms with Crippen LogP contribution >= 0.6 is 0 Å². The molecule has 4 nitrogen and oxygen atoms in total. The summed E-state index contributed by atoms with van der Waals surface area (Å²) in [6.07, 6.45) is 2.00. The van der Waals surface area contributed by atoms with E-state index in [1.54, 1.807) is 0 Å². The van der Waals surface area contributed by atoms with Crippen molar-refractivity contribution in [1.29, 1.82) is 0 Å². The van der Waals surface area contributed by atoms with Gasteiger partial charge in [-0.1, -0.05) is 18.2 Å². The largest absolute Gasteiger partial charge is 0.457 e. The normalized spacial score (nSPS) is 13.3. The van der Waals surface area contributed by atoms with Crippen LogP contribution in [0.1, 0.15) is 5.56 Å². The van der Waals surface area contributed by atoms with E-state index in [0.29, 0.717) is 0 Å². The summed E-state index contributed by atoms with van der Waals surface area (Å²) >= 11 is 0. The molecule has 0 aromatic heterocycles. The molecular weight excluding hydrogens is 266 g/mol. The highest BCUT2D eigenvalue weighted by Crippen LogP contribution is 2.34. The van der Waals surface area contributed by atoms with Gasteiger partial charge in [0.15, 0.2) is 11.5 Å². The van der Waals surface area contributed by atoms with Gasteiger partial charge < -0.3 is 19.5 Å². The molecule has 2 aromatic rings. The van der Waals surface area contributed by atoms with Gasteiger partial charge in [-0.05, 0) is 43.5 Å². The molecular formula is C17H17NO3. The van der Waals surface area contributed by atoms with Crippen LogP contribution in [0.2, 0.25) is 0 Å². The lowest BCUT2D eigenvalue weighted by atomic mass is 10.1. The Labute approximate surface area is 124 Å². The van der Waals surface area contributed by atoms with E-state index in [1.165, 1.54) is 0 Å². The van der Waals surface area contributed by atoms with Gasteiger partial charge in [0.05, 0.1) is 0 Å². The molecule has 0 amide bonds. The first kappa shape index (κ1) is 13.5. The van der Waals surface area contributed by atoms with E-state index in [4.69, 9.17) is 14.2 Å². The molecule has 0 aliphatic carbocycles. The van der Waals surface area contributed by atoms with Crippen molar-refractivity contribution in [3.8, 4) is 17.2 Å². The quantitative estimate of drug-likeness (QED) is 0.856. The van der Waals surface area contributed by atoms with Crippen molar-refractivity contribution in [2.45, 2.75) is 0 Å². The molecule has 21 heavy (non-hydrogen) atoms. The first-order valence-corrected chi connectivity index (χ1v) is 6.84. The smallest absolute Gasteiger partial charge is 0.231 e. The van der Waals surface area contributed by atoms with Crippen LogP contribution in [0.4, 0.5) is 0 Å². The summed E-state index contributed by atoms with van der Waals surface area (Å²) in [5.74, 6) is 3.11. The summed E-state index contributed by atoms with van der Waals surface area (Å²) < 4.78 is 16.7. The molecule has 1 N–H and O–H groups in total. The van der Waals surface area contributed by atoms with Gasteiger partial charge in [-0.2, -0.15) is 0 Å². The fraction of sp³-hybridized carbons (Fsp3) is 0.176. The topological polar surface area (TPSA) is 39.7 Å². The average molecular weight is 283 g/mol. The predicted octanol–water partition coefficient (Wildman–Crippen LogP) is 3.05. The van der Waals surface area contributed by atoms with Crippen molar-refractivity contribution < 1.29 is 14.2 Å². The fourth-order valence-electron chi connectivity index (χ4n) is 2.08. The summed E-state index contributed by atoms with van der Waals surface area (Å²) in [6.45, 7) is 0.991. The number of nitrogens with one attached hydrogen (secondary N) is 1. The van der Waals surface area contributed by atoms with Gasteiger partial charge >= 0.3 is 0 Å². The molecule has 0 fully saturated rings. The molecule has 0 spiro atoms. The predicted molar refractivity (Wildman–Crippen MR) is 81.5 cm³/mol. The lowest BCUT2D eigenvalue weighted by Gasteiger charge is -2.11. The van der Waals surface area contributed by atoms with E-state index < -0.39 is 0 Å². The summed E-state index contributed by atoms with van der Waals surface area (Å²) in [5, 5.41) is 3.09. The van der Waals surface area contributed by atoms with Crippen molar-refractivity contribution in [3.05, 3.63) is 60.2 Å². The Bertz CT molecular complexity index is 638. The molecule has 1 aliphatic heterocycles. The van der Waals surface area contributed by atoms with Gasteiger partial charge in [0.25, 0.3) is 0 Å². The maximum absolute atomic E-state index is 5.99. The Hall–Kier alpha value is -2.46. The maximum atomic E-state index is 5.99. The van der Waals surface area contributed by atoms with E-state index in [-0.39, 0.29) is 6.79 Å². The van der Waals surface area contributed by atoms with E-state index in [9.17, 15) is 0 Å². The van der Waals surface area contributed by atoms with Crippen molar-refractivity contribution in [1.82, 2.24) is 5.32 Å². The first-order chi connectivity index (χ1) is 10.4. The first-order valence-electron chi connectivity index (χ1n) is 6.84. The molecule has 3 rings (SSSR count). The minimum Gasteiger partial charge on any atom is -0.457 e. The van der Waals surface area contributed by atoms with Gasteiger partial charge in [-0.3, -0.25) is 0 Å². The monoisotopic (exact) mass is 283 g/mol. The minimum absolute atomic E-state index is 0.272. The highest BCUT2D eigenvalue weighted by Gasteiger charge is 2.15. The van der Waals surface area contributed by atoms with Crippen molar-refractivity contribution in [2.24, 2.45) is 0 Å². The molecule has 4 heteroatoms. The standard InChI is InChI=1S/C17H17NO3/c1-18-10-9-15(21-14-5-3-2-4-6-14)13-7-8-16-17(11-13)20-12-19-16/h2-9,11,18H,10,12H2,1H3/b15-9-. The van der Waals surface area contributed by atoms with Crippen LogP contribution in [0.3, 0.4) is 0 Å². The molecule has 0 unspecified atom stereocenters. The third-order valence-electron chi connectivity index (χ3n) is 3.12. The maximum Gasteiger partial charge on any atom is 0.231 e. The van der Waals surface area contributed by atoms with Crippen molar-refractivity contribution in [3.63, 3.8) is 0 Å². The summed E-state index contributed by atoms with van der Waals surface area (Å²) in [5.41, 5.74) is 0.957. The molecule has 0 atom stereocenters. The molecule has 1 heterocycles. The summed E-state index contributed by atoms with van der Waals surface area (Å²) in [6, 6.07) is 15.5. The SMILES string of the molecule is CNC/C=C(\Oc1ccccc1)c1ccc2c(c1)OCO2. The van der Waals surface area contributed by atoms with Crippen LogP contribution < -0.4 is 19.5 Å². The van der Waals surface area contributed by atoms with Crippen molar-refractivity contribution in [2.75, 3.05) is 20.4 Å². The number of para-hydroxylation sites is 1. The van der Waals surface area contributed by atoms with E-state index in [2.05, 4.69) is 5.32 Å². The number of hydrogen-bond donors (Lipinski definition) is 1. The second-order valence-corrected chi connectivity index (χ2v) is 4.61. The molecule has 0 bridgehead atoms. The zero-order valence-electron chi connectivity index (χ0n) is 11.8. The Morgan fingerprint density at radius 3 is 2.76 bits per heavy atom. The molecule has 2 aromatic carbocycles. The lowest BCUT2D eigenvalue weighted by molar-refractivity contribution is 0.174. The highest BCUT2D eigenvalue weighted by atomic mass is 16.7. The fourth-order valence-corrected chi connectivity index (χ4v) is 2.08. The third-order valence-corrected chi connectivity index (χ3v) is 3.12. The second-order valence-electron chi connectivity index (χ2n) is 4.61. The second kappa shape index (κ2) is 6.33. The summed E-state index contributed by atoms with van der Waals surface area (Å²) in [7, 11) is 1.90. The number of likely N-dealkylation sites (N-methyl/N-ethyl adjacent to an activating group) is 1. The van der Waals surface area contributed by atoms with Gasteiger partial charge in [0.1, 0.15) is 11.5 Å². The minimum atomic E-state index is 0.272. The van der Waals surface area contributed by atoms with Gasteiger partial charge in [-0.25, -0.2) is 0 Å². The van der Waals surface area contributed by atoms with Crippen LogP contribution in [0, 0.1) is 0 Å². The van der Waals surface area contributed by atoms with E-state index in [1.807, 2.05) is 61.7 Å². The number of ether oxygens (including phenoxy) is 3. The number of rotatable bonds is 5. The number of fused-ring (bicyclic) bond motifs is 1. The van der Waals surface area contributed by atoms with Crippen LogP contribution in [-0.2, 0) is 0 Å². The zero-order chi connectivity index (χ0) is 14.5. The molecule has 1 aliphatic rings. The zero-order valence-corrected chi connectivity index (χ0v) is 11.8. The van der Waals surface area contributed by atoms with Crippen molar-refractivity contribution >= 4 is 5.76 Å². The Morgan fingerprint density at radius 1 is 1.14 bits per heavy atom. The van der Waals surface area contributed by atoms with E-state index >= 15 is 0 Å². The highest BCUT2D eigenvalue weighted by molar-refractivity contribution is 5.65. The van der Waals surface area contributed by atoms with Crippen LogP contribution in [0.5, 0.6) is 17.2 Å². The Kier molecular flexibility index (Phi) is 4.07. The van der Waals surface area contributed by atoms with Gasteiger partial charge in [-0.15, -0.1) is 0 Å². The van der Waals surface area contributed by atoms with Gasteiger partial charge in [0.2, 0.25) is 6.79 Å². The van der Waals surface area contributed by atoms with Crippen LogP contribution in [-0.4, -0.2) is 20.4 Å². The molecule has 108 valence electrons. The lowest BCUT2D eigenvalue weighted by Crippen LogP contribution is -2.07. The Balaban J connectivity index is 1.89. The van der Waals surface area contributed by atoms with E-state index in [0.717, 1.165) is 35.1 Å². The molecule has 0 saturated carbocycles.